The molecule has 1 heterocycles. The molecule has 0 aromatic heterocycles. The Morgan fingerprint density at radius 3 is 2.69 bits per heavy atom. The van der Waals surface area contributed by atoms with Gasteiger partial charge in [0.1, 0.15) is 0 Å². The Hall–Kier alpha value is -0.690. The van der Waals surface area contributed by atoms with Crippen molar-refractivity contribution < 1.29 is 0 Å². The molecule has 0 aliphatic carbocycles. The lowest BCUT2D eigenvalue weighted by Crippen LogP contribution is -2.30. The van der Waals surface area contributed by atoms with Crippen LogP contribution in [0.1, 0.15) is 19.4 Å². The first-order valence-electron chi connectivity index (χ1n) is 4.49. The van der Waals surface area contributed by atoms with Gasteiger partial charge in [-0.2, -0.15) is 0 Å². The van der Waals surface area contributed by atoms with Crippen molar-refractivity contribution in [3.63, 3.8) is 0 Å². The standard InChI is InChI=1S/C11H15N.ClH/c1-11(2)7-9-5-3-4-6-10(9)12-8-11;/h3-6,12H,7-8H2,1-2H3;1H. The molecule has 1 aromatic carbocycles. The van der Waals surface area contributed by atoms with E-state index >= 15 is 0 Å². The van der Waals surface area contributed by atoms with Crippen LogP contribution in [0.2, 0.25) is 0 Å². The van der Waals surface area contributed by atoms with Crippen LogP contribution < -0.4 is 5.32 Å². The van der Waals surface area contributed by atoms with Crippen LogP contribution in [-0.2, 0) is 6.42 Å². The first kappa shape index (κ1) is 10.4. The van der Waals surface area contributed by atoms with Crippen LogP contribution in [0, 0.1) is 5.41 Å². The van der Waals surface area contributed by atoms with Gasteiger partial charge in [0.05, 0.1) is 0 Å². The SMILES string of the molecule is CC1(C)CNc2ccccc2C1.Cl. The van der Waals surface area contributed by atoms with Gasteiger partial charge < -0.3 is 5.32 Å². The monoisotopic (exact) mass is 197 g/mol. The minimum atomic E-state index is 0. The number of nitrogens with one attached hydrogen (secondary N) is 1. The van der Waals surface area contributed by atoms with Gasteiger partial charge in [0.15, 0.2) is 0 Å². The summed E-state index contributed by atoms with van der Waals surface area (Å²) in [6.07, 6.45) is 1.19. The normalized spacial score (nSPS) is 18.0. The highest BCUT2D eigenvalue weighted by Crippen LogP contribution is 2.31. The molecule has 1 aromatic rings. The van der Waals surface area contributed by atoms with E-state index in [2.05, 4.69) is 43.4 Å². The molecule has 0 saturated heterocycles. The molecule has 72 valence electrons. The Balaban J connectivity index is 0.000000845. The molecule has 1 aliphatic heterocycles. The summed E-state index contributed by atoms with van der Waals surface area (Å²) in [6.45, 7) is 5.69. The molecular formula is C11H16ClN. The molecule has 0 amide bonds. The minimum Gasteiger partial charge on any atom is -0.384 e. The molecule has 1 N–H and O–H groups in total. The Bertz CT molecular complexity index is 294. The maximum Gasteiger partial charge on any atom is 0.0373 e. The van der Waals surface area contributed by atoms with Gasteiger partial charge in [0, 0.05) is 12.2 Å². The number of halogens is 1. The molecule has 0 atom stereocenters. The number of fused-ring (bicyclic) bond motifs is 1. The Labute approximate surface area is 86.0 Å². The summed E-state index contributed by atoms with van der Waals surface area (Å²) < 4.78 is 0. The van der Waals surface area contributed by atoms with Gasteiger partial charge in [0.2, 0.25) is 0 Å². The molecule has 13 heavy (non-hydrogen) atoms. The topological polar surface area (TPSA) is 12.0 Å². The smallest absolute Gasteiger partial charge is 0.0373 e. The average molecular weight is 198 g/mol. The average Bonchev–Trinajstić information content (AvgIpc) is 2.02. The van der Waals surface area contributed by atoms with Crippen molar-refractivity contribution in [1.82, 2.24) is 0 Å². The van der Waals surface area contributed by atoms with Crippen molar-refractivity contribution in [3.05, 3.63) is 29.8 Å². The zero-order valence-corrected chi connectivity index (χ0v) is 8.95. The van der Waals surface area contributed by atoms with Crippen molar-refractivity contribution in [2.75, 3.05) is 11.9 Å². The summed E-state index contributed by atoms with van der Waals surface area (Å²) >= 11 is 0. The van der Waals surface area contributed by atoms with E-state index in [0.717, 1.165) is 6.54 Å². The molecule has 2 heteroatoms. The molecule has 0 saturated carbocycles. The van der Waals surface area contributed by atoms with Gasteiger partial charge in [-0.05, 0) is 23.5 Å². The first-order chi connectivity index (χ1) is 5.67. The van der Waals surface area contributed by atoms with Gasteiger partial charge in [-0.15, -0.1) is 12.4 Å². The highest BCUT2D eigenvalue weighted by molar-refractivity contribution is 5.85. The van der Waals surface area contributed by atoms with E-state index in [1.54, 1.807) is 0 Å². The molecule has 0 spiro atoms. The van der Waals surface area contributed by atoms with E-state index in [4.69, 9.17) is 0 Å². The second-order valence-corrected chi connectivity index (χ2v) is 4.35. The van der Waals surface area contributed by atoms with Gasteiger partial charge in [-0.1, -0.05) is 32.0 Å². The highest BCUT2D eigenvalue weighted by Gasteiger charge is 2.23. The summed E-state index contributed by atoms with van der Waals surface area (Å²) in [5, 5.41) is 3.45. The summed E-state index contributed by atoms with van der Waals surface area (Å²) in [7, 11) is 0. The zero-order valence-electron chi connectivity index (χ0n) is 8.13. The van der Waals surface area contributed by atoms with Crippen molar-refractivity contribution in [2.24, 2.45) is 5.41 Å². The third-order valence-corrected chi connectivity index (χ3v) is 2.44. The maximum absolute atomic E-state index is 3.45. The number of anilines is 1. The van der Waals surface area contributed by atoms with Crippen molar-refractivity contribution in [1.29, 1.82) is 0 Å². The largest absolute Gasteiger partial charge is 0.384 e. The van der Waals surface area contributed by atoms with Gasteiger partial charge >= 0.3 is 0 Å². The number of para-hydroxylation sites is 1. The summed E-state index contributed by atoms with van der Waals surface area (Å²) in [5.41, 5.74) is 3.18. The van der Waals surface area contributed by atoms with Crippen molar-refractivity contribution in [3.8, 4) is 0 Å². The van der Waals surface area contributed by atoms with E-state index in [9.17, 15) is 0 Å². The lowest BCUT2D eigenvalue weighted by atomic mass is 9.82. The van der Waals surface area contributed by atoms with Crippen LogP contribution >= 0.6 is 12.4 Å². The molecular weight excluding hydrogens is 182 g/mol. The van der Waals surface area contributed by atoms with E-state index < -0.39 is 0 Å². The lowest BCUT2D eigenvalue weighted by molar-refractivity contribution is 0.379. The number of hydrogen-bond donors (Lipinski definition) is 1. The molecule has 2 rings (SSSR count). The summed E-state index contributed by atoms with van der Waals surface area (Å²) in [5.74, 6) is 0. The third kappa shape index (κ3) is 2.16. The molecule has 0 bridgehead atoms. The first-order valence-corrected chi connectivity index (χ1v) is 4.49. The highest BCUT2D eigenvalue weighted by atomic mass is 35.5. The summed E-state index contributed by atoms with van der Waals surface area (Å²) in [6, 6.07) is 8.57. The molecule has 0 fully saturated rings. The molecule has 1 nitrogen and oxygen atoms in total. The van der Waals surface area contributed by atoms with Gasteiger partial charge in [0.25, 0.3) is 0 Å². The van der Waals surface area contributed by atoms with E-state index in [0.29, 0.717) is 5.41 Å². The fraction of sp³-hybridized carbons (Fsp3) is 0.455. The fourth-order valence-electron chi connectivity index (χ4n) is 1.76. The molecule has 0 radical (unpaired) electrons. The zero-order chi connectivity index (χ0) is 8.60. The predicted octanol–water partition coefficient (Wildman–Crippen LogP) is 3.10. The van der Waals surface area contributed by atoms with Gasteiger partial charge in [-0.3, -0.25) is 0 Å². The van der Waals surface area contributed by atoms with Crippen molar-refractivity contribution >= 4 is 18.1 Å². The van der Waals surface area contributed by atoms with E-state index in [1.807, 2.05) is 0 Å². The van der Waals surface area contributed by atoms with Crippen LogP contribution in [0.15, 0.2) is 24.3 Å². The summed E-state index contributed by atoms with van der Waals surface area (Å²) in [4.78, 5) is 0. The van der Waals surface area contributed by atoms with Crippen LogP contribution in [-0.4, -0.2) is 6.54 Å². The number of hydrogen-bond acceptors (Lipinski definition) is 1. The molecule has 0 unspecified atom stereocenters. The quantitative estimate of drug-likeness (QED) is 0.674. The molecule has 1 aliphatic rings. The van der Waals surface area contributed by atoms with E-state index in [-0.39, 0.29) is 12.4 Å². The Morgan fingerprint density at radius 2 is 1.92 bits per heavy atom. The second-order valence-electron chi connectivity index (χ2n) is 4.35. The maximum atomic E-state index is 3.45. The predicted molar refractivity (Wildman–Crippen MR) is 59.7 cm³/mol. The second kappa shape index (κ2) is 3.59. The fourth-order valence-corrected chi connectivity index (χ4v) is 1.76. The Kier molecular flexibility index (Phi) is 2.87. The van der Waals surface area contributed by atoms with Crippen LogP contribution in [0.25, 0.3) is 0 Å². The Morgan fingerprint density at radius 1 is 1.23 bits per heavy atom. The number of benzene rings is 1. The minimum absolute atomic E-state index is 0. The van der Waals surface area contributed by atoms with Crippen LogP contribution in [0.3, 0.4) is 0 Å². The van der Waals surface area contributed by atoms with Crippen LogP contribution in [0.5, 0.6) is 0 Å². The number of rotatable bonds is 0. The van der Waals surface area contributed by atoms with Gasteiger partial charge in [-0.25, -0.2) is 0 Å². The third-order valence-electron chi connectivity index (χ3n) is 2.44. The lowest BCUT2D eigenvalue weighted by Gasteiger charge is -2.32. The van der Waals surface area contributed by atoms with E-state index in [1.165, 1.54) is 17.7 Å². The van der Waals surface area contributed by atoms with Crippen LogP contribution in [0.4, 0.5) is 5.69 Å². The van der Waals surface area contributed by atoms with Crippen molar-refractivity contribution in [2.45, 2.75) is 20.3 Å².